The largest absolute Gasteiger partial charge is 0.286 e. The van der Waals surface area contributed by atoms with E-state index in [1.54, 1.807) is 55.5 Å². The molecule has 0 aliphatic carbocycles. The van der Waals surface area contributed by atoms with Crippen LogP contribution in [0.15, 0.2) is 77.7 Å². The predicted molar refractivity (Wildman–Crippen MR) is 114 cm³/mol. The lowest BCUT2D eigenvalue weighted by atomic mass is 10.1. The minimum atomic E-state index is -4.34. The van der Waals surface area contributed by atoms with Gasteiger partial charge in [0, 0.05) is 11.1 Å². The molecule has 3 aromatic carbocycles. The Hall–Kier alpha value is -3.45. The number of nitrogens with one attached hydrogen (secondary N) is 1. The number of rotatable bonds is 4. The van der Waals surface area contributed by atoms with Gasteiger partial charge in [-0.1, -0.05) is 53.1 Å². The molecule has 0 aliphatic rings. The minimum absolute atomic E-state index is 0.0985. The van der Waals surface area contributed by atoms with Gasteiger partial charge >= 0.3 is 0 Å². The van der Waals surface area contributed by atoms with Gasteiger partial charge in [-0.15, -0.1) is 4.41 Å². The topological polar surface area (TPSA) is 83.6 Å². The number of aryl methyl sites for hydroxylation is 3. The van der Waals surface area contributed by atoms with E-state index in [1.807, 2.05) is 19.9 Å². The molecule has 0 atom stereocenters. The molecule has 0 saturated carbocycles. The summed E-state index contributed by atoms with van der Waals surface area (Å²) < 4.78 is 26.9. The summed E-state index contributed by atoms with van der Waals surface area (Å²) in [6.45, 7) is 5.43. The van der Waals surface area contributed by atoms with Crippen LogP contribution in [0.4, 0.5) is 0 Å². The van der Waals surface area contributed by atoms with Crippen molar-refractivity contribution in [2.24, 2.45) is 0 Å². The van der Waals surface area contributed by atoms with E-state index in [4.69, 9.17) is 0 Å². The van der Waals surface area contributed by atoms with Gasteiger partial charge in [-0.2, -0.15) is 8.42 Å². The normalized spacial score (nSPS) is 11.0. The molecule has 0 aliphatic heterocycles. The zero-order chi connectivity index (χ0) is 21.9. The Morgan fingerprint density at radius 3 is 1.83 bits per heavy atom. The quantitative estimate of drug-likeness (QED) is 0.649. The standard InChI is InChI=1S/C23H22N2O4S/c1-16-10-12-21(13-11-16)30(28,29)25(23(27)20-9-5-7-18(3)15-20)24-22(26)19-8-4-6-17(2)14-19/h4-15H,1-3H3,(H,24,26). The van der Waals surface area contributed by atoms with Crippen LogP contribution < -0.4 is 5.43 Å². The molecule has 0 heterocycles. The Balaban J connectivity index is 2.05. The Kier molecular flexibility index (Phi) is 6.03. The highest BCUT2D eigenvalue weighted by atomic mass is 32.2. The summed E-state index contributed by atoms with van der Waals surface area (Å²) >= 11 is 0. The average Bonchev–Trinajstić information content (AvgIpc) is 2.71. The molecule has 0 saturated heterocycles. The van der Waals surface area contributed by atoms with Gasteiger partial charge in [0.15, 0.2) is 0 Å². The van der Waals surface area contributed by atoms with E-state index in [9.17, 15) is 18.0 Å². The molecule has 0 radical (unpaired) electrons. The van der Waals surface area contributed by atoms with Gasteiger partial charge in [0.2, 0.25) is 0 Å². The summed E-state index contributed by atoms with van der Waals surface area (Å²) in [5.74, 6) is -1.55. The predicted octanol–water partition coefficient (Wildman–Crippen LogP) is 3.79. The number of hydrogen-bond acceptors (Lipinski definition) is 4. The molecule has 1 N–H and O–H groups in total. The van der Waals surface area contributed by atoms with Crippen molar-refractivity contribution < 1.29 is 18.0 Å². The molecular weight excluding hydrogens is 400 g/mol. The second-order valence-electron chi connectivity index (χ2n) is 7.07. The fraction of sp³-hybridized carbons (Fsp3) is 0.130. The maximum absolute atomic E-state index is 13.3. The van der Waals surface area contributed by atoms with E-state index in [0.29, 0.717) is 4.41 Å². The van der Waals surface area contributed by atoms with Gasteiger partial charge < -0.3 is 0 Å². The van der Waals surface area contributed by atoms with Crippen molar-refractivity contribution >= 4 is 21.8 Å². The Morgan fingerprint density at radius 1 is 0.733 bits per heavy atom. The third-order valence-electron chi connectivity index (χ3n) is 4.49. The summed E-state index contributed by atoms with van der Waals surface area (Å²) in [6.07, 6.45) is 0. The number of hydrogen-bond donors (Lipinski definition) is 1. The number of amides is 2. The number of nitrogens with zero attached hydrogens (tertiary/aromatic N) is 1. The summed E-state index contributed by atoms with van der Waals surface area (Å²) in [4.78, 5) is 25.8. The highest BCUT2D eigenvalue weighted by molar-refractivity contribution is 7.89. The third-order valence-corrected chi connectivity index (χ3v) is 6.10. The van der Waals surface area contributed by atoms with Crippen LogP contribution in [0.2, 0.25) is 0 Å². The van der Waals surface area contributed by atoms with Crippen molar-refractivity contribution in [1.29, 1.82) is 0 Å². The van der Waals surface area contributed by atoms with E-state index in [-0.39, 0.29) is 16.0 Å². The molecule has 6 nitrogen and oxygen atoms in total. The monoisotopic (exact) mass is 422 g/mol. The Morgan fingerprint density at radius 2 is 1.27 bits per heavy atom. The summed E-state index contributed by atoms with van der Waals surface area (Å²) in [7, 11) is -4.34. The maximum atomic E-state index is 13.3. The highest BCUT2D eigenvalue weighted by Crippen LogP contribution is 2.19. The number of hydrazine groups is 1. The van der Waals surface area contributed by atoms with Crippen LogP contribution >= 0.6 is 0 Å². The molecule has 2 amide bonds. The molecule has 7 heteroatoms. The first kappa shape index (κ1) is 21.3. The third kappa shape index (κ3) is 4.58. The average molecular weight is 423 g/mol. The zero-order valence-corrected chi connectivity index (χ0v) is 17.7. The number of sulfonamides is 1. The smallest absolute Gasteiger partial charge is 0.267 e. The molecule has 30 heavy (non-hydrogen) atoms. The van der Waals surface area contributed by atoms with Crippen LogP contribution in [0.3, 0.4) is 0 Å². The van der Waals surface area contributed by atoms with E-state index in [1.165, 1.54) is 18.2 Å². The van der Waals surface area contributed by atoms with E-state index >= 15 is 0 Å². The first-order valence-electron chi connectivity index (χ1n) is 9.29. The van der Waals surface area contributed by atoms with Crippen LogP contribution in [0.25, 0.3) is 0 Å². The number of carbonyl (C=O) groups excluding carboxylic acids is 2. The number of carbonyl (C=O) groups is 2. The van der Waals surface area contributed by atoms with E-state index in [2.05, 4.69) is 5.43 Å². The van der Waals surface area contributed by atoms with Crippen LogP contribution in [-0.2, 0) is 10.0 Å². The SMILES string of the molecule is Cc1ccc(S(=O)(=O)N(NC(=O)c2cccc(C)c2)C(=O)c2cccc(C)c2)cc1. The fourth-order valence-electron chi connectivity index (χ4n) is 2.87. The minimum Gasteiger partial charge on any atom is -0.267 e. The lowest BCUT2D eigenvalue weighted by Crippen LogP contribution is -2.49. The first-order chi connectivity index (χ1) is 14.2. The second-order valence-corrected chi connectivity index (χ2v) is 8.85. The van der Waals surface area contributed by atoms with Crippen molar-refractivity contribution in [1.82, 2.24) is 9.84 Å². The highest BCUT2D eigenvalue weighted by Gasteiger charge is 2.32. The Bertz CT molecular complexity index is 1200. The summed E-state index contributed by atoms with van der Waals surface area (Å²) in [6, 6.07) is 19.3. The maximum Gasteiger partial charge on any atom is 0.286 e. The van der Waals surface area contributed by atoms with Gasteiger partial charge in [0.25, 0.3) is 21.8 Å². The molecular formula is C23H22N2O4S. The molecule has 0 spiro atoms. The van der Waals surface area contributed by atoms with Crippen LogP contribution in [-0.4, -0.2) is 24.6 Å². The molecule has 3 aromatic rings. The number of benzene rings is 3. The van der Waals surface area contributed by atoms with Gasteiger partial charge in [-0.05, 0) is 57.2 Å². The van der Waals surface area contributed by atoms with Crippen molar-refractivity contribution in [3.05, 3.63) is 101 Å². The van der Waals surface area contributed by atoms with Gasteiger partial charge in [-0.25, -0.2) is 5.43 Å². The van der Waals surface area contributed by atoms with E-state index in [0.717, 1.165) is 16.7 Å². The van der Waals surface area contributed by atoms with Crippen LogP contribution in [0.5, 0.6) is 0 Å². The second kappa shape index (κ2) is 8.51. The van der Waals surface area contributed by atoms with Gasteiger partial charge in [-0.3, -0.25) is 9.59 Å². The molecule has 0 fully saturated rings. The van der Waals surface area contributed by atoms with Gasteiger partial charge in [0.1, 0.15) is 0 Å². The molecule has 0 unspecified atom stereocenters. The molecule has 0 aromatic heterocycles. The van der Waals surface area contributed by atoms with Crippen LogP contribution in [0, 0.1) is 20.8 Å². The lowest BCUT2D eigenvalue weighted by Gasteiger charge is -2.23. The zero-order valence-electron chi connectivity index (χ0n) is 16.9. The van der Waals surface area contributed by atoms with Crippen molar-refractivity contribution in [2.75, 3.05) is 0 Å². The van der Waals surface area contributed by atoms with Crippen molar-refractivity contribution in [2.45, 2.75) is 25.7 Å². The first-order valence-corrected chi connectivity index (χ1v) is 10.7. The van der Waals surface area contributed by atoms with Crippen molar-refractivity contribution in [3.63, 3.8) is 0 Å². The molecule has 3 rings (SSSR count). The summed E-state index contributed by atoms with van der Waals surface area (Å²) in [5.41, 5.74) is 5.18. The van der Waals surface area contributed by atoms with Crippen molar-refractivity contribution in [3.8, 4) is 0 Å². The van der Waals surface area contributed by atoms with Gasteiger partial charge in [0.05, 0.1) is 4.90 Å². The Labute approximate surface area is 176 Å². The fourth-order valence-corrected chi connectivity index (χ4v) is 4.09. The van der Waals surface area contributed by atoms with Crippen LogP contribution in [0.1, 0.15) is 37.4 Å². The summed E-state index contributed by atoms with van der Waals surface area (Å²) in [5, 5.41) is 0. The lowest BCUT2D eigenvalue weighted by molar-refractivity contribution is 0.0724. The molecule has 154 valence electrons. The van der Waals surface area contributed by atoms with E-state index < -0.39 is 21.8 Å². The molecule has 0 bridgehead atoms.